The predicted octanol–water partition coefficient (Wildman–Crippen LogP) is 1.99. The first-order valence-corrected chi connectivity index (χ1v) is 7.28. The van der Waals surface area contributed by atoms with Gasteiger partial charge in [0.1, 0.15) is 0 Å². The molecule has 1 saturated heterocycles. The van der Waals surface area contributed by atoms with Gasteiger partial charge in [0.2, 0.25) is 5.91 Å². The largest absolute Gasteiger partial charge is 0.399 e. The molecule has 1 fully saturated rings. The highest BCUT2D eigenvalue weighted by Crippen LogP contribution is 2.25. The molecule has 1 aromatic carbocycles. The van der Waals surface area contributed by atoms with E-state index in [1.807, 2.05) is 29.2 Å². The van der Waals surface area contributed by atoms with E-state index in [9.17, 15) is 9.90 Å². The second kappa shape index (κ2) is 6.27. The van der Waals surface area contributed by atoms with Gasteiger partial charge in [-0.25, -0.2) is 0 Å². The van der Waals surface area contributed by atoms with E-state index in [0.717, 1.165) is 24.2 Å². The summed E-state index contributed by atoms with van der Waals surface area (Å²) in [6.45, 7) is 5.31. The van der Waals surface area contributed by atoms with Crippen molar-refractivity contribution in [3.63, 3.8) is 0 Å². The first-order chi connectivity index (χ1) is 9.47. The summed E-state index contributed by atoms with van der Waals surface area (Å²) < 4.78 is 0. The summed E-state index contributed by atoms with van der Waals surface area (Å²) in [5.74, 6) is 0.594. The molecule has 2 rings (SSSR count). The Bertz CT molecular complexity index is 456. The molecule has 1 aromatic rings. The lowest BCUT2D eigenvalue weighted by Crippen LogP contribution is -2.31. The Morgan fingerprint density at radius 2 is 2.05 bits per heavy atom. The van der Waals surface area contributed by atoms with Gasteiger partial charge in [0, 0.05) is 31.1 Å². The van der Waals surface area contributed by atoms with Crippen molar-refractivity contribution in [2.75, 3.05) is 18.8 Å². The molecule has 0 radical (unpaired) electrons. The van der Waals surface area contributed by atoms with Crippen LogP contribution in [0, 0.1) is 5.92 Å². The maximum Gasteiger partial charge on any atom is 0.223 e. The number of hydrogen-bond donors (Lipinski definition) is 2. The molecule has 3 N–H and O–H groups in total. The Labute approximate surface area is 120 Å². The standard InChI is InChI=1S/C16H24N2O2/c1-11(13-3-5-15(17)6-4-13)9-16(20)18-8-7-14(10-18)12(2)19/h3-6,11-12,14,19H,7-10,17H2,1-2H3. The number of nitrogens with zero attached hydrogens (tertiary/aromatic N) is 1. The number of aliphatic hydroxyl groups is 1. The normalized spacial score (nSPS) is 21.8. The van der Waals surface area contributed by atoms with Crippen molar-refractivity contribution in [2.45, 2.75) is 38.7 Å². The molecule has 0 aliphatic carbocycles. The molecule has 4 nitrogen and oxygen atoms in total. The quantitative estimate of drug-likeness (QED) is 0.827. The van der Waals surface area contributed by atoms with Gasteiger partial charge in [-0.2, -0.15) is 0 Å². The molecule has 0 bridgehead atoms. The SMILES string of the molecule is CC(CC(=O)N1CCC(C(C)O)C1)c1ccc(N)cc1. The van der Waals surface area contributed by atoms with Crippen LogP contribution >= 0.6 is 0 Å². The van der Waals surface area contributed by atoms with Gasteiger partial charge < -0.3 is 15.7 Å². The van der Waals surface area contributed by atoms with E-state index in [-0.39, 0.29) is 23.8 Å². The van der Waals surface area contributed by atoms with Crippen LogP contribution < -0.4 is 5.73 Å². The number of amides is 1. The number of nitrogens with two attached hydrogens (primary N) is 1. The zero-order chi connectivity index (χ0) is 14.7. The Hall–Kier alpha value is -1.55. The Morgan fingerprint density at radius 3 is 2.60 bits per heavy atom. The van der Waals surface area contributed by atoms with E-state index in [1.54, 1.807) is 6.92 Å². The van der Waals surface area contributed by atoms with E-state index in [4.69, 9.17) is 5.73 Å². The third kappa shape index (κ3) is 3.51. The summed E-state index contributed by atoms with van der Waals surface area (Å²) in [6.07, 6.45) is 1.08. The van der Waals surface area contributed by atoms with Gasteiger partial charge in [0.05, 0.1) is 6.10 Å². The maximum atomic E-state index is 12.3. The van der Waals surface area contributed by atoms with Crippen LogP contribution in [0.2, 0.25) is 0 Å². The zero-order valence-electron chi connectivity index (χ0n) is 12.2. The summed E-state index contributed by atoms with van der Waals surface area (Å²) in [6, 6.07) is 7.71. The van der Waals surface area contributed by atoms with E-state index in [1.165, 1.54) is 0 Å². The summed E-state index contributed by atoms with van der Waals surface area (Å²) in [5, 5.41) is 9.59. The fourth-order valence-corrected chi connectivity index (χ4v) is 2.74. The third-order valence-corrected chi connectivity index (χ3v) is 4.25. The van der Waals surface area contributed by atoms with Gasteiger partial charge >= 0.3 is 0 Å². The number of anilines is 1. The molecular weight excluding hydrogens is 252 g/mol. The van der Waals surface area contributed by atoms with Crippen LogP contribution in [-0.2, 0) is 4.79 Å². The molecule has 0 aromatic heterocycles. The molecule has 3 atom stereocenters. The van der Waals surface area contributed by atoms with Crippen LogP contribution in [0.4, 0.5) is 5.69 Å². The minimum Gasteiger partial charge on any atom is -0.399 e. The lowest BCUT2D eigenvalue weighted by molar-refractivity contribution is -0.130. The molecule has 1 aliphatic rings. The number of aliphatic hydroxyl groups excluding tert-OH is 1. The average Bonchev–Trinajstić information content (AvgIpc) is 2.89. The highest BCUT2D eigenvalue weighted by molar-refractivity contribution is 5.77. The molecule has 4 heteroatoms. The Balaban J connectivity index is 1.90. The zero-order valence-corrected chi connectivity index (χ0v) is 12.2. The van der Waals surface area contributed by atoms with Crippen molar-refractivity contribution in [2.24, 2.45) is 5.92 Å². The number of hydrogen-bond acceptors (Lipinski definition) is 3. The molecule has 1 aliphatic heterocycles. The minimum absolute atomic E-state index is 0.178. The highest BCUT2D eigenvalue weighted by atomic mass is 16.3. The van der Waals surface area contributed by atoms with Crippen molar-refractivity contribution < 1.29 is 9.90 Å². The smallest absolute Gasteiger partial charge is 0.223 e. The van der Waals surface area contributed by atoms with Crippen molar-refractivity contribution in [3.05, 3.63) is 29.8 Å². The van der Waals surface area contributed by atoms with Gasteiger partial charge in [0.15, 0.2) is 0 Å². The highest BCUT2D eigenvalue weighted by Gasteiger charge is 2.29. The third-order valence-electron chi connectivity index (χ3n) is 4.25. The number of rotatable bonds is 4. The molecule has 20 heavy (non-hydrogen) atoms. The van der Waals surface area contributed by atoms with Gasteiger partial charge in [-0.05, 0) is 37.0 Å². The van der Waals surface area contributed by atoms with Crippen molar-refractivity contribution in [1.29, 1.82) is 0 Å². The van der Waals surface area contributed by atoms with E-state index < -0.39 is 0 Å². The summed E-state index contributed by atoms with van der Waals surface area (Å²) >= 11 is 0. The van der Waals surface area contributed by atoms with Gasteiger partial charge in [-0.3, -0.25) is 4.79 Å². The topological polar surface area (TPSA) is 66.6 Å². The molecule has 0 saturated carbocycles. The predicted molar refractivity (Wildman–Crippen MR) is 80.3 cm³/mol. The number of nitrogen functional groups attached to an aromatic ring is 1. The second-order valence-corrected chi connectivity index (χ2v) is 5.90. The van der Waals surface area contributed by atoms with Crippen molar-refractivity contribution in [3.8, 4) is 0 Å². The molecule has 1 amide bonds. The van der Waals surface area contributed by atoms with Gasteiger partial charge in [0.25, 0.3) is 0 Å². The molecule has 0 spiro atoms. The van der Waals surface area contributed by atoms with Crippen LogP contribution in [0.25, 0.3) is 0 Å². The monoisotopic (exact) mass is 276 g/mol. The Kier molecular flexibility index (Phi) is 4.65. The number of likely N-dealkylation sites (tertiary alicyclic amines) is 1. The first kappa shape index (κ1) is 14.9. The van der Waals surface area contributed by atoms with Crippen LogP contribution in [0.1, 0.15) is 38.2 Å². The van der Waals surface area contributed by atoms with Gasteiger partial charge in [-0.1, -0.05) is 19.1 Å². The fourth-order valence-electron chi connectivity index (χ4n) is 2.74. The summed E-state index contributed by atoms with van der Waals surface area (Å²) in [7, 11) is 0. The molecule has 3 unspecified atom stereocenters. The Morgan fingerprint density at radius 1 is 1.40 bits per heavy atom. The van der Waals surface area contributed by atoms with E-state index in [0.29, 0.717) is 13.0 Å². The minimum atomic E-state index is -0.331. The average molecular weight is 276 g/mol. The first-order valence-electron chi connectivity index (χ1n) is 7.28. The maximum absolute atomic E-state index is 12.3. The fraction of sp³-hybridized carbons (Fsp3) is 0.562. The summed E-state index contributed by atoms with van der Waals surface area (Å²) in [4.78, 5) is 14.2. The number of benzene rings is 1. The van der Waals surface area contributed by atoms with Crippen molar-refractivity contribution >= 4 is 11.6 Å². The molecule has 1 heterocycles. The number of carbonyl (C=O) groups is 1. The second-order valence-electron chi connectivity index (χ2n) is 5.90. The van der Waals surface area contributed by atoms with Crippen LogP contribution in [0.5, 0.6) is 0 Å². The van der Waals surface area contributed by atoms with Crippen LogP contribution in [-0.4, -0.2) is 35.1 Å². The molecular formula is C16H24N2O2. The van der Waals surface area contributed by atoms with E-state index >= 15 is 0 Å². The molecule has 110 valence electrons. The van der Waals surface area contributed by atoms with Gasteiger partial charge in [-0.15, -0.1) is 0 Å². The summed E-state index contributed by atoms with van der Waals surface area (Å²) in [5.41, 5.74) is 7.55. The van der Waals surface area contributed by atoms with Crippen LogP contribution in [0.3, 0.4) is 0 Å². The lowest BCUT2D eigenvalue weighted by atomic mass is 9.97. The van der Waals surface area contributed by atoms with E-state index in [2.05, 4.69) is 6.92 Å². The number of carbonyl (C=O) groups excluding carboxylic acids is 1. The van der Waals surface area contributed by atoms with Crippen LogP contribution in [0.15, 0.2) is 24.3 Å². The lowest BCUT2D eigenvalue weighted by Gasteiger charge is -2.20. The van der Waals surface area contributed by atoms with Crippen molar-refractivity contribution in [1.82, 2.24) is 4.90 Å².